The molecule has 2 saturated heterocycles. The Hall–Kier alpha value is -2.07. The third-order valence-electron chi connectivity index (χ3n) is 6.55. The highest BCUT2D eigenvalue weighted by Gasteiger charge is 2.21. The topological polar surface area (TPSA) is 41.6 Å². The van der Waals surface area contributed by atoms with Crippen molar-refractivity contribution in [1.82, 2.24) is 10.2 Å². The Bertz CT molecular complexity index is 821. The van der Waals surface area contributed by atoms with E-state index in [0.29, 0.717) is 0 Å². The van der Waals surface area contributed by atoms with Gasteiger partial charge in [0.15, 0.2) is 0 Å². The summed E-state index contributed by atoms with van der Waals surface area (Å²) in [5, 5.41) is 5.71. The molecule has 2 aliphatic heterocycles. The first-order valence-corrected chi connectivity index (χ1v) is 11.4. The molecule has 4 nitrogen and oxygen atoms in total. The van der Waals surface area contributed by atoms with E-state index in [4.69, 9.17) is 4.74 Å². The molecular formula is C25H34N2O2. The van der Waals surface area contributed by atoms with Crippen molar-refractivity contribution in [1.29, 1.82) is 0 Å². The number of nitrogens with zero attached hydrogens (tertiary/aromatic N) is 1. The minimum absolute atomic E-state index is 0.163. The molecule has 2 aliphatic rings. The van der Waals surface area contributed by atoms with E-state index in [9.17, 15) is 4.79 Å². The van der Waals surface area contributed by atoms with Crippen molar-refractivity contribution in [3.8, 4) is 5.75 Å². The molecule has 156 valence electrons. The van der Waals surface area contributed by atoms with E-state index in [-0.39, 0.29) is 5.91 Å². The largest absolute Gasteiger partial charge is 0.494 e. The van der Waals surface area contributed by atoms with Crippen LogP contribution in [-0.4, -0.2) is 43.6 Å². The van der Waals surface area contributed by atoms with E-state index in [2.05, 4.69) is 30.4 Å². The first-order valence-electron chi connectivity index (χ1n) is 11.4. The monoisotopic (exact) mass is 394 g/mol. The molecule has 0 spiro atoms. The first-order chi connectivity index (χ1) is 14.2. The highest BCUT2D eigenvalue weighted by atomic mass is 16.5. The Labute approximate surface area is 174 Å². The Morgan fingerprint density at radius 1 is 1.10 bits per heavy atom. The lowest BCUT2D eigenvalue weighted by Crippen LogP contribution is -2.37. The quantitative estimate of drug-likeness (QED) is 0.711. The van der Waals surface area contributed by atoms with Gasteiger partial charge in [-0.15, -0.1) is 0 Å². The number of carbonyl (C=O) groups excluding carboxylic acids is 1. The van der Waals surface area contributed by atoms with Crippen molar-refractivity contribution < 1.29 is 9.53 Å². The molecule has 4 heteroatoms. The average Bonchev–Trinajstić information content (AvgIpc) is 2.77. The molecule has 29 heavy (non-hydrogen) atoms. The van der Waals surface area contributed by atoms with Crippen molar-refractivity contribution in [3.63, 3.8) is 0 Å². The van der Waals surface area contributed by atoms with Gasteiger partial charge >= 0.3 is 0 Å². The molecule has 0 aliphatic carbocycles. The number of piperidine rings is 2. The van der Waals surface area contributed by atoms with Crippen LogP contribution in [0.3, 0.4) is 0 Å². The number of ether oxygens (including phenoxy) is 1. The lowest BCUT2D eigenvalue weighted by molar-refractivity contribution is 0.0697. The van der Waals surface area contributed by atoms with Crippen LogP contribution < -0.4 is 10.1 Å². The van der Waals surface area contributed by atoms with Gasteiger partial charge in [-0.1, -0.05) is 19.1 Å². The van der Waals surface area contributed by atoms with Crippen LogP contribution in [0, 0.1) is 11.8 Å². The molecule has 2 aromatic carbocycles. The molecule has 0 radical (unpaired) electrons. The molecular weight excluding hydrogens is 360 g/mol. The summed E-state index contributed by atoms with van der Waals surface area (Å²) in [6.45, 7) is 7.13. The number of amides is 1. The van der Waals surface area contributed by atoms with Gasteiger partial charge in [0, 0.05) is 18.7 Å². The zero-order valence-corrected chi connectivity index (χ0v) is 17.7. The highest BCUT2D eigenvalue weighted by molar-refractivity contribution is 5.98. The van der Waals surface area contributed by atoms with E-state index < -0.39 is 0 Å². The lowest BCUT2D eigenvalue weighted by Gasteiger charge is -2.30. The number of likely N-dealkylation sites (tertiary alicyclic amines) is 1. The van der Waals surface area contributed by atoms with Gasteiger partial charge in [0.05, 0.1) is 6.61 Å². The Morgan fingerprint density at radius 3 is 2.69 bits per heavy atom. The van der Waals surface area contributed by atoms with Gasteiger partial charge in [0.1, 0.15) is 5.75 Å². The molecule has 0 saturated carbocycles. The number of benzene rings is 2. The third kappa shape index (κ3) is 5.30. The number of carbonyl (C=O) groups is 1. The van der Waals surface area contributed by atoms with Crippen LogP contribution >= 0.6 is 0 Å². The minimum atomic E-state index is 0.163. The van der Waals surface area contributed by atoms with Gasteiger partial charge in [0.2, 0.25) is 0 Å². The lowest BCUT2D eigenvalue weighted by atomic mass is 9.95. The number of hydrogen-bond acceptors (Lipinski definition) is 3. The summed E-state index contributed by atoms with van der Waals surface area (Å²) in [5.74, 6) is 2.62. The molecule has 1 atom stereocenters. The van der Waals surface area contributed by atoms with Crippen LogP contribution in [0.4, 0.5) is 0 Å². The zero-order chi connectivity index (χ0) is 20.1. The van der Waals surface area contributed by atoms with Crippen LogP contribution in [0.15, 0.2) is 36.4 Å². The third-order valence-corrected chi connectivity index (χ3v) is 6.55. The Morgan fingerprint density at radius 2 is 1.90 bits per heavy atom. The highest BCUT2D eigenvalue weighted by Crippen LogP contribution is 2.25. The van der Waals surface area contributed by atoms with Gasteiger partial charge in [0.25, 0.3) is 5.91 Å². The molecule has 4 rings (SSSR count). The summed E-state index contributed by atoms with van der Waals surface area (Å²) in [6, 6.07) is 12.2. The maximum absolute atomic E-state index is 12.8. The number of rotatable bonds is 6. The van der Waals surface area contributed by atoms with Crippen LogP contribution in [0.25, 0.3) is 10.8 Å². The number of nitrogens with one attached hydrogen (secondary N) is 1. The normalized spacial score (nSPS) is 20.7. The van der Waals surface area contributed by atoms with Crippen LogP contribution in [0.2, 0.25) is 0 Å². The molecule has 2 heterocycles. The van der Waals surface area contributed by atoms with Crippen LogP contribution in [-0.2, 0) is 0 Å². The molecule has 1 amide bonds. The zero-order valence-electron chi connectivity index (χ0n) is 17.7. The fraction of sp³-hybridized carbons (Fsp3) is 0.560. The summed E-state index contributed by atoms with van der Waals surface area (Å²) in [5.41, 5.74) is 0.793. The molecule has 2 aromatic rings. The molecule has 0 bridgehead atoms. The summed E-state index contributed by atoms with van der Waals surface area (Å²) < 4.78 is 5.99. The predicted molar refractivity (Wildman–Crippen MR) is 119 cm³/mol. The Kier molecular flexibility index (Phi) is 6.70. The first kappa shape index (κ1) is 20.2. The van der Waals surface area contributed by atoms with Gasteiger partial charge in [-0.05, 0) is 98.5 Å². The second kappa shape index (κ2) is 9.62. The summed E-state index contributed by atoms with van der Waals surface area (Å²) >= 11 is 0. The number of hydrogen-bond donors (Lipinski definition) is 1. The molecule has 1 N–H and O–H groups in total. The summed E-state index contributed by atoms with van der Waals surface area (Å²) in [4.78, 5) is 14.8. The van der Waals surface area contributed by atoms with Gasteiger partial charge in [-0.25, -0.2) is 0 Å². The van der Waals surface area contributed by atoms with Crippen molar-refractivity contribution in [2.24, 2.45) is 11.8 Å². The second-order valence-corrected chi connectivity index (χ2v) is 8.90. The summed E-state index contributed by atoms with van der Waals surface area (Å²) in [7, 11) is 0. The maximum atomic E-state index is 12.8. The fourth-order valence-electron chi connectivity index (χ4n) is 4.57. The van der Waals surface area contributed by atoms with Gasteiger partial charge in [-0.2, -0.15) is 0 Å². The van der Waals surface area contributed by atoms with Gasteiger partial charge in [-0.3, -0.25) is 4.79 Å². The van der Waals surface area contributed by atoms with E-state index in [1.54, 1.807) is 0 Å². The van der Waals surface area contributed by atoms with Gasteiger partial charge < -0.3 is 15.0 Å². The Balaban J connectivity index is 1.32. The molecule has 1 unspecified atom stereocenters. The smallest absolute Gasteiger partial charge is 0.253 e. The molecule has 0 aromatic heterocycles. The standard InChI is InChI=1S/C25H34N2O2/c1-19-10-13-27(14-11-19)25(28)23-7-6-22-17-24(9-8-21(22)16-23)29-15-3-5-20-4-2-12-26-18-20/h6-9,16-17,19-20,26H,2-5,10-15,18H2,1H3. The van der Waals surface area contributed by atoms with Crippen LogP contribution in [0.1, 0.15) is 55.8 Å². The van der Waals surface area contributed by atoms with E-state index in [0.717, 1.165) is 79.4 Å². The minimum Gasteiger partial charge on any atom is -0.494 e. The second-order valence-electron chi connectivity index (χ2n) is 8.90. The summed E-state index contributed by atoms with van der Waals surface area (Å²) in [6.07, 6.45) is 7.21. The SMILES string of the molecule is CC1CCN(C(=O)c2ccc3cc(OCCCC4CCCNC4)ccc3c2)CC1. The number of fused-ring (bicyclic) bond motifs is 1. The molecule has 2 fully saturated rings. The average molecular weight is 395 g/mol. The van der Waals surface area contributed by atoms with E-state index in [1.807, 2.05) is 23.1 Å². The van der Waals surface area contributed by atoms with Crippen molar-refractivity contribution in [3.05, 3.63) is 42.0 Å². The van der Waals surface area contributed by atoms with E-state index in [1.165, 1.54) is 25.8 Å². The predicted octanol–water partition coefficient (Wildman–Crippen LogP) is 4.87. The van der Waals surface area contributed by atoms with E-state index >= 15 is 0 Å². The van der Waals surface area contributed by atoms with Crippen molar-refractivity contribution in [2.45, 2.75) is 45.4 Å². The van der Waals surface area contributed by atoms with Crippen molar-refractivity contribution >= 4 is 16.7 Å². The van der Waals surface area contributed by atoms with Crippen molar-refractivity contribution in [2.75, 3.05) is 32.8 Å². The fourth-order valence-corrected chi connectivity index (χ4v) is 4.57. The van der Waals surface area contributed by atoms with Crippen LogP contribution in [0.5, 0.6) is 5.75 Å². The maximum Gasteiger partial charge on any atom is 0.253 e.